The van der Waals surface area contributed by atoms with Gasteiger partial charge in [0, 0.05) is 30.4 Å². The molecule has 10 heteroatoms. The largest absolute Gasteiger partial charge is 0.415 e. The Hall–Kier alpha value is -3.22. The van der Waals surface area contributed by atoms with E-state index in [4.69, 9.17) is 5.26 Å². The fourth-order valence-corrected chi connectivity index (χ4v) is 4.13. The number of ketones is 1. The average molecular weight is 416 g/mol. The molecule has 1 N–H and O–H groups in total. The zero-order valence-electron chi connectivity index (χ0n) is 16.1. The summed E-state index contributed by atoms with van der Waals surface area (Å²) >= 11 is 0. The second kappa shape index (κ2) is 7.23. The van der Waals surface area contributed by atoms with E-state index in [1.165, 1.54) is 42.0 Å². The van der Waals surface area contributed by atoms with Gasteiger partial charge >= 0.3 is 6.18 Å². The maximum absolute atomic E-state index is 14.3. The van der Waals surface area contributed by atoms with Crippen molar-refractivity contribution in [3.63, 3.8) is 0 Å². The van der Waals surface area contributed by atoms with Crippen LogP contribution in [0.15, 0.2) is 41.4 Å². The second-order valence-corrected chi connectivity index (χ2v) is 7.71. The van der Waals surface area contributed by atoms with Gasteiger partial charge in [0.15, 0.2) is 11.3 Å². The van der Waals surface area contributed by atoms with Crippen molar-refractivity contribution in [2.75, 3.05) is 6.54 Å². The van der Waals surface area contributed by atoms with E-state index in [1.807, 2.05) is 6.07 Å². The van der Waals surface area contributed by atoms with Gasteiger partial charge in [0.1, 0.15) is 18.4 Å². The quantitative estimate of drug-likeness (QED) is 0.810. The number of halogens is 3. The van der Waals surface area contributed by atoms with Gasteiger partial charge in [0.25, 0.3) is 0 Å². The number of Topliss-reactive ketones (excluding diaryl/α,β-unsaturated/α-hetero) is 1. The van der Waals surface area contributed by atoms with Gasteiger partial charge in [0.2, 0.25) is 0 Å². The number of nitrogens with one attached hydrogen (secondary N) is 1. The molecule has 0 bridgehead atoms. The number of nitriles is 1. The van der Waals surface area contributed by atoms with Crippen LogP contribution in [0.25, 0.3) is 0 Å². The third-order valence-electron chi connectivity index (χ3n) is 6.07. The molecule has 1 aromatic rings. The molecule has 2 aliphatic heterocycles. The van der Waals surface area contributed by atoms with E-state index >= 15 is 0 Å². The highest BCUT2D eigenvalue weighted by Gasteiger charge is 2.62. The highest BCUT2D eigenvalue weighted by atomic mass is 19.4. The number of carbonyl (C=O) groups excluding carboxylic acids is 1. The van der Waals surface area contributed by atoms with Crippen molar-refractivity contribution in [2.45, 2.75) is 43.4 Å². The highest BCUT2D eigenvalue weighted by Crippen LogP contribution is 2.53. The Bertz CT molecular complexity index is 978. The minimum Gasteiger partial charge on any atom is -0.374 e. The first-order valence-electron chi connectivity index (χ1n) is 9.54. The standard InChI is InChI=1S/C20H19F3N6O/c1-12(29-11-15(30)10-28-29)14-4-5-19(27-9-14,20(21,22)23)17-3-2-16(17)18-25-7-13(6-24)8-26-18/h4-5,7-10,12,16-17,27H,2-3,11H2,1H3. The monoisotopic (exact) mass is 416 g/mol. The molecule has 30 heavy (non-hydrogen) atoms. The van der Waals surface area contributed by atoms with Crippen molar-refractivity contribution >= 4 is 12.0 Å². The summed E-state index contributed by atoms with van der Waals surface area (Å²) in [5.41, 5.74) is -1.37. The summed E-state index contributed by atoms with van der Waals surface area (Å²) < 4.78 is 42.8. The molecule has 3 aliphatic rings. The van der Waals surface area contributed by atoms with Crippen LogP contribution < -0.4 is 5.32 Å². The molecule has 1 aliphatic carbocycles. The van der Waals surface area contributed by atoms with Crippen LogP contribution in [0.1, 0.15) is 37.1 Å². The molecule has 3 heterocycles. The van der Waals surface area contributed by atoms with Crippen molar-refractivity contribution in [2.24, 2.45) is 11.0 Å². The first kappa shape index (κ1) is 20.1. The van der Waals surface area contributed by atoms with Gasteiger partial charge in [-0.15, -0.1) is 0 Å². The third-order valence-corrected chi connectivity index (χ3v) is 6.07. The van der Waals surface area contributed by atoms with Crippen LogP contribution in [0.5, 0.6) is 0 Å². The molecule has 1 fully saturated rings. The summed E-state index contributed by atoms with van der Waals surface area (Å²) in [6.45, 7) is 1.89. The minimum atomic E-state index is -4.54. The van der Waals surface area contributed by atoms with Gasteiger partial charge in [0.05, 0.1) is 17.8 Å². The number of hydrazone groups is 1. The Morgan fingerprint density at radius 1 is 1.33 bits per heavy atom. The Morgan fingerprint density at radius 3 is 2.53 bits per heavy atom. The van der Waals surface area contributed by atoms with Crippen LogP contribution in [0.2, 0.25) is 0 Å². The van der Waals surface area contributed by atoms with E-state index in [0.29, 0.717) is 24.2 Å². The smallest absolute Gasteiger partial charge is 0.374 e. The Balaban J connectivity index is 1.57. The van der Waals surface area contributed by atoms with Crippen LogP contribution in [-0.4, -0.2) is 51.3 Å². The summed E-state index contributed by atoms with van der Waals surface area (Å²) in [6, 6.07) is 1.56. The van der Waals surface area contributed by atoms with Crippen LogP contribution in [0, 0.1) is 17.2 Å². The summed E-state index contributed by atoms with van der Waals surface area (Å²) in [4.78, 5) is 19.6. The van der Waals surface area contributed by atoms with Crippen molar-refractivity contribution < 1.29 is 18.0 Å². The number of dihydropyridines is 1. The summed E-state index contributed by atoms with van der Waals surface area (Å²) in [5, 5.41) is 17.0. The van der Waals surface area contributed by atoms with Crippen molar-refractivity contribution in [1.82, 2.24) is 20.3 Å². The van der Waals surface area contributed by atoms with E-state index in [1.54, 1.807) is 6.92 Å². The van der Waals surface area contributed by atoms with E-state index in [-0.39, 0.29) is 23.9 Å². The van der Waals surface area contributed by atoms with Gasteiger partial charge in [-0.2, -0.15) is 23.5 Å². The lowest BCUT2D eigenvalue weighted by Gasteiger charge is -2.50. The van der Waals surface area contributed by atoms with E-state index in [9.17, 15) is 18.0 Å². The molecular weight excluding hydrogens is 397 g/mol. The first-order valence-corrected chi connectivity index (χ1v) is 9.54. The Labute approximate surface area is 171 Å². The van der Waals surface area contributed by atoms with E-state index in [2.05, 4.69) is 20.4 Å². The molecular formula is C20H19F3N6O. The van der Waals surface area contributed by atoms with Gasteiger partial charge in [-0.3, -0.25) is 9.80 Å². The molecule has 0 amide bonds. The van der Waals surface area contributed by atoms with Crippen LogP contribution >= 0.6 is 0 Å². The van der Waals surface area contributed by atoms with Gasteiger partial charge < -0.3 is 5.32 Å². The Kier molecular flexibility index (Phi) is 4.84. The van der Waals surface area contributed by atoms with Crippen molar-refractivity contribution in [3.05, 3.63) is 47.7 Å². The summed E-state index contributed by atoms with van der Waals surface area (Å²) in [5.74, 6) is -1.07. The predicted octanol–water partition coefficient (Wildman–Crippen LogP) is 2.45. The molecule has 7 nitrogen and oxygen atoms in total. The Morgan fingerprint density at radius 2 is 2.07 bits per heavy atom. The van der Waals surface area contributed by atoms with E-state index < -0.39 is 23.6 Å². The molecule has 156 valence electrons. The number of hydrogen-bond acceptors (Lipinski definition) is 7. The third kappa shape index (κ3) is 3.24. The molecule has 0 saturated heterocycles. The lowest BCUT2D eigenvalue weighted by molar-refractivity contribution is -0.204. The zero-order chi connectivity index (χ0) is 21.5. The SMILES string of the molecule is CC(C1=CNC(C2CCC2c2ncc(C#N)cn2)(C(F)(F)F)C=C1)N1CC(=O)C=N1. The lowest BCUT2D eigenvalue weighted by Crippen LogP contribution is -2.63. The molecule has 1 aromatic heterocycles. The lowest BCUT2D eigenvalue weighted by atomic mass is 9.61. The topological polar surface area (TPSA) is 94.3 Å². The number of nitrogens with zero attached hydrogens (tertiary/aromatic N) is 5. The maximum atomic E-state index is 14.3. The molecule has 4 unspecified atom stereocenters. The van der Waals surface area contributed by atoms with Crippen LogP contribution in [-0.2, 0) is 4.79 Å². The van der Waals surface area contributed by atoms with E-state index in [0.717, 1.165) is 0 Å². The minimum absolute atomic E-state index is 0.109. The maximum Gasteiger partial charge on any atom is 0.415 e. The first-order chi connectivity index (χ1) is 14.2. The molecule has 4 rings (SSSR count). The van der Waals surface area contributed by atoms with Crippen molar-refractivity contribution in [3.8, 4) is 6.07 Å². The summed E-state index contributed by atoms with van der Waals surface area (Å²) in [6.07, 6.45) is 4.25. The number of alkyl halides is 3. The number of aromatic nitrogens is 2. The van der Waals surface area contributed by atoms with Gasteiger partial charge in [-0.25, -0.2) is 9.97 Å². The summed E-state index contributed by atoms with van der Waals surface area (Å²) in [7, 11) is 0. The zero-order valence-corrected chi connectivity index (χ0v) is 16.1. The second-order valence-electron chi connectivity index (χ2n) is 7.71. The van der Waals surface area contributed by atoms with Crippen molar-refractivity contribution in [1.29, 1.82) is 5.26 Å². The normalized spacial score (nSPS) is 29.1. The number of hydrogen-bond donors (Lipinski definition) is 1. The molecule has 0 radical (unpaired) electrons. The number of carbonyl (C=O) groups is 1. The molecule has 0 spiro atoms. The van der Waals surface area contributed by atoms with Gasteiger partial charge in [-0.05, 0) is 31.4 Å². The molecule has 1 saturated carbocycles. The fraction of sp³-hybridized carbons (Fsp3) is 0.450. The highest BCUT2D eigenvalue weighted by molar-refractivity contribution is 6.29. The van der Waals surface area contributed by atoms with Crippen LogP contribution in [0.4, 0.5) is 13.2 Å². The van der Waals surface area contributed by atoms with Crippen LogP contribution in [0.3, 0.4) is 0 Å². The fourth-order valence-electron chi connectivity index (χ4n) is 4.13. The van der Waals surface area contributed by atoms with Gasteiger partial charge in [-0.1, -0.05) is 6.08 Å². The average Bonchev–Trinajstić information content (AvgIpc) is 3.13. The molecule has 4 atom stereocenters. The number of rotatable bonds is 4. The molecule has 0 aromatic carbocycles. The predicted molar refractivity (Wildman–Crippen MR) is 101 cm³/mol.